The number of hydrogen-bond donors (Lipinski definition) is 2. The largest absolute Gasteiger partial charge is 0.481 e. The number of aliphatic carboxylic acids is 1. The summed E-state index contributed by atoms with van der Waals surface area (Å²) in [4.78, 5) is 12.4. The van der Waals surface area contributed by atoms with Gasteiger partial charge in [0, 0.05) is 19.6 Å². The third-order valence-corrected chi connectivity index (χ3v) is 2.05. The van der Waals surface area contributed by atoms with Crippen LogP contribution < -0.4 is 5.73 Å². The molecule has 0 aromatic carbocycles. The van der Waals surface area contributed by atoms with Crippen molar-refractivity contribution in [2.45, 2.75) is 13.0 Å². The minimum absolute atomic E-state index is 0.126. The van der Waals surface area contributed by atoms with E-state index in [-0.39, 0.29) is 6.42 Å². The van der Waals surface area contributed by atoms with E-state index in [0.717, 1.165) is 5.76 Å². The number of hydrogen-bond acceptors (Lipinski definition) is 4. The van der Waals surface area contributed by atoms with Crippen LogP contribution in [-0.4, -0.2) is 35.6 Å². The molecule has 5 nitrogen and oxygen atoms in total. The van der Waals surface area contributed by atoms with Gasteiger partial charge in [0.15, 0.2) is 0 Å². The van der Waals surface area contributed by atoms with Crippen molar-refractivity contribution in [1.29, 1.82) is 0 Å². The van der Waals surface area contributed by atoms with Crippen LogP contribution in [-0.2, 0) is 11.3 Å². The molecular formula is C10H16N2O3. The summed E-state index contributed by atoms with van der Waals surface area (Å²) < 4.78 is 5.19. The number of carboxylic acids is 1. The maximum absolute atomic E-state index is 10.4. The second-order valence-corrected chi connectivity index (χ2v) is 3.29. The van der Waals surface area contributed by atoms with Gasteiger partial charge in [-0.1, -0.05) is 0 Å². The van der Waals surface area contributed by atoms with Crippen LogP contribution >= 0.6 is 0 Å². The van der Waals surface area contributed by atoms with Crippen LogP contribution in [0.5, 0.6) is 0 Å². The van der Waals surface area contributed by atoms with Crippen molar-refractivity contribution in [3.63, 3.8) is 0 Å². The van der Waals surface area contributed by atoms with Gasteiger partial charge in [0.1, 0.15) is 5.76 Å². The first kappa shape index (κ1) is 11.7. The van der Waals surface area contributed by atoms with Gasteiger partial charge in [-0.25, -0.2) is 0 Å². The quantitative estimate of drug-likeness (QED) is 0.688. The fourth-order valence-corrected chi connectivity index (χ4v) is 1.33. The Morgan fingerprint density at radius 2 is 2.33 bits per heavy atom. The standard InChI is InChI=1S/C10H16N2O3/c11-4-6-12(5-3-10(13)14)8-9-2-1-7-15-9/h1-2,7H,3-6,8,11H2,(H,13,14). The lowest BCUT2D eigenvalue weighted by atomic mass is 10.3. The minimum Gasteiger partial charge on any atom is -0.481 e. The van der Waals surface area contributed by atoms with E-state index < -0.39 is 5.97 Å². The molecule has 0 fully saturated rings. The number of rotatable bonds is 7. The van der Waals surface area contributed by atoms with Gasteiger partial charge in [0.2, 0.25) is 0 Å². The number of nitrogens with two attached hydrogens (primary N) is 1. The molecule has 0 radical (unpaired) electrons. The Balaban J connectivity index is 2.39. The van der Waals surface area contributed by atoms with Crippen LogP contribution in [0.15, 0.2) is 22.8 Å². The topological polar surface area (TPSA) is 79.7 Å². The molecule has 0 aliphatic heterocycles. The molecule has 15 heavy (non-hydrogen) atoms. The van der Waals surface area contributed by atoms with E-state index in [1.807, 2.05) is 17.0 Å². The third kappa shape index (κ3) is 4.62. The van der Waals surface area contributed by atoms with Crippen molar-refractivity contribution < 1.29 is 14.3 Å². The Labute approximate surface area is 88.5 Å². The van der Waals surface area contributed by atoms with Crippen LogP contribution in [0.4, 0.5) is 0 Å². The lowest BCUT2D eigenvalue weighted by molar-refractivity contribution is -0.137. The third-order valence-electron chi connectivity index (χ3n) is 2.05. The number of furan rings is 1. The molecule has 0 spiro atoms. The van der Waals surface area contributed by atoms with Gasteiger partial charge in [-0.3, -0.25) is 9.69 Å². The molecule has 0 unspecified atom stereocenters. The lowest BCUT2D eigenvalue weighted by Crippen LogP contribution is -2.31. The van der Waals surface area contributed by atoms with Crippen LogP contribution in [0.2, 0.25) is 0 Å². The summed E-state index contributed by atoms with van der Waals surface area (Å²) in [5, 5.41) is 8.58. The Morgan fingerprint density at radius 1 is 1.53 bits per heavy atom. The summed E-state index contributed by atoms with van der Waals surface area (Å²) >= 11 is 0. The van der Waals surface area contributed by atoms with Gasteiger partial charge >= 0.3 is 5.97 Å². The highest BCUT2D eigenvalue weighted by molar-refractivity contribution is 5.66. The van der Waals surface area contributed by atoms with Gasteiger partial charge in [-0.2, -0.15) is 0 Å². The van der Waals surface area contributed by atoms with Gasteiger partial charge in [-0.15, -0.1) is 0 Å². The van der Waals surface area contributed by atoms with Crippen LogP contribution in [0.1, 0.15) is 12.2 Å². The summed E-state index contributed by atoms with van der Waals surface area (Å²) in [5.41, 5.74) is 5.45. The first-order valence-corrected chi connectivity index (χ1v) is 4.89. The van der Waals surface area contributed by atoms with Gasteiger partial charge in [0.05, 0.1) is 19.2 Å². The highest BCUT2D eigenvalue weighted by Crippen LogP contribution is 2.05. The summed E-state index contributed by atoms with van der Waals surface area (Å²) in [5.74, 6) is 0.0327. The van der Waals surface area contributed by atoms with Crippen molar-refractivity contribution in [2.75, 3.05) is 19.6 Å². The molecule has 0 amide bonds. The highest BCUT2D eigenvalue weighted by Gasteiger charge is 2.08. The first-order valence-electron chi connectivity index (χ1n) is 4.89. The predicted molar refractivity (Wildman–Crippen MR) is 55.3 cm³/mol. The average Bonchev–Trinajstić information content (AvgIpc) is 2.67. The molecule has 1 rings (SSSR count). The smallest absolute Gasteiger partial charge is 0.304 e. The van der Waals surface area contributed by atoms with Crippen LogP contribution in [0.3, 0.4) is 0 Å². The van der Waals surface area contributed by atoms with E-state index in [2.05, 4.69) is 0 Å². The van der Waals surface area contributed by atoms with E-state index in [0.29, 0.717) is 26.2 Å². The molecule has 0 atom stereocenters. The molecule has 84 valence electrons. The van der Waals surface area contributed by atoms with Crippen LogP contribution in [0, 0.1) is 0 Å². The Kier molecular flexibility index (Phi) is 4.86. The number of carboxylic acid groups (broad SMARTS) is 1. The molecule has 0 aliphatic rings. The van der Waals surface area contributed by atoms with E-state index in [1.54, 1.807) is 6.26 Å². The van der Waals surface area contributed by atoms with E-state index in [4.69, 9.17) is 15.3 Å². The SMILES string of the molecule is NCCN(CCC(=O)O)Cc1ccco1. The lowest BCUT2D eigenvalue weighted by Gasteiger charge is -2.18. The molecule has 0 saturated carbocycles. The summed E-state index contributed by atoms with van der Waals surface area (Å²) in [6, 6.07) is 3.68. The zero-order valence-electron chi connectivity index (χ0n) is 8.56. The van der Waals surface area contributed by atoms with Crippen molar-refractivity contribution in [2.24, 2.45) is 5.73 Å². The molecular weight excluding hydrogens is 196 g/mol. The van der Waals surface area contributed by atoms with Gasteiger partial charge in [-0.05, 0) is 12.1 Å². The first-order chi connectivity index (χ1) is 7.22. The zero-order valence-corrected chi connectivity index (χ0v) is 8.56. The van der Waals surface area contributed by atoms with E-state index in [1.165, 1.54) is 0 Å². The van der Waals surface area contributed by atoms with Gasteiger partial charge < -0.3 is 15.3 Å². The van der Waals surface area contributed by atoms with Crippen molar-refractivity contribution in [1.82, 2.24) is 4.90 Å². The molecule has 0 bridgehead atoms. The summed E-state index contributed by atoms with van der Waals surface area (Å²) in [7, 11) is 0. The maximum Gasteiger partial charge on any atom is 0.304 e. The van der Waals surface area contributed by atoms with Crippen LogP contribution in [0.25, 0.3) is 0 Å². The zero-order chi connectivity index (χ0) is 11.1. The molecule has 5 heteroatoms. The summed E-state index contributed by atoms with van der Waals surface area (Å²) in [6.45, 7) is 2.29. The van der Waals surface area contributed by atoms with Crippen molar-refractivity contribution >= 4 is 5.97 Å². The monoisotopic (exact) mass is 212 g/mol. The number of carbonyl (C=O) groups is 1. The molecule has 1 aromatic rings. The maximum atomic E-state index is 10.4. The second kappa shape index (κ2) is 6.21. The van der Waals surface area contributed by atoms with E-state index in [9.17, 15) is 4.79 Å². The van der Waals surface area contributed by atoms with Crippen molar-refractivity contribution in [3.8, 4) is 0 Å². The summed E-state index contributed by atoms with van der Waals surface area (Å²) in [6.07, 6.45) is 1.73. The Bertz CT molecular complexity index is 285. The second-order valence-electron chi connectivity index (χ2n) is 3.29. The molecule has 1 aromatic heterocycles. The average molecular weight is 212 g/mol. The molecule has 0 saturated heterocycles. The fourth-order valence-electron chi connectivity index (χ4n) is 1.33. The fraction of sp³-hybridized carbons (Fsp3) is 0.500. The predicted octanol–water partition coefficient (Wildman–Crippen LogP) is 0.515. The minimum atomic E-state index is -0.795. The number of nitrogens with zero attached hydrogens (tertiary/aromatic N) is 1. The van der Waals surface area contributed by atoms with Gasteiger partial charge in [0.25, 0.3) is 0 Å². The Morgan fingerprint density at radius 3 is 2.87 bits per heavy atom. The highest BCUT2D eigenvalue weighted by atomic mass is 16.4. The van der Waals surface area contributed by atoms with Crippen molar-refractivity contribution in [3.05, 3.63) is 24.2 Å². The Hall–Kier alpha value is -1.33. The normalized spacial score (nSPS) is 10.8. The molecule has 3 N–H and O–H groups in total. The molecule has 0 aliphatic carbocycles. The molecule has 1 heterocycles. The van der Waals surface area contributed by atoms with E-state index >= 15 is 0 Å².